The molecule has 0 aromatic heterocycles. The lowest BCUT2D eigenvalue weighted by molar-refractivity contribution is 0.320. The van der Waals surface area contributed by atoms with E-state index in [1.165, 1.54) is 0 Å². The Morgan fingerprint density at radius 2 is 1.13 bits per heavy atom. The number of hydrogen-bond acceptors (Lipinski definition) is 2. The van der Waals surface area contributed by atoms with E-state index in [0.717, 1.165) is 22.3 Å². The molecular formula is C21H17NO. The molecule has 1 N–H and O–H groups in total. The second-order valence-corrected chi connectivity index (χ2v) is 5.15. The van der Waals surface area contributed by atoms with Crippen molar-refractivity contribution in [2.75, 3.05) is 0 Å². The minimum Gasteiger partial charge on any atom is -0.410 e. The summed E-state index contributed by atoms with van der Waals surface area (Å²) in [6.07, 6.45) is 2.04. The van der Waals surface area contributed by atoms with Crippen LogP contribution in [0.4, 0.5) is 0 Å². The molecule has 0 fully saturated rings. The molecule has 0 radical (unpaired) electrons. The predicted molar refractivity (Wildman–Crippen MR) is 95.5 cm³/mol. The molecule has 0 atom stereocenters. The fourth-order valence-electron chi connectivity index (χ4n) is 2.49. The van der Waals surface area contributed by atoms with Crippen molar-refractivity contribution in [3.8, 4) is 0 Å². The van der Waals surface area contributed by atoms with Crippen molar-refractivity contribution in [2.24, 2.45) is 5.16 Å². The van der Waals surface area contributed by atoms with Gasteiger partial charge >= 0.3 is 0 Å². The van der Waals surface area contributed by atoms with E-state index in [2.05, 4.69) is 5.16 Å². The van der Waals surface area contributed by atoms with Crippen molar-refractivity contribution in [2.45, 2.75) is 0 Å². The first-order chi connectivity index (χ1) is 11.4. The molecule has 0 aliphatic rings. The smallest absolute Gasteiger partial charge is 0.117 e. The van der Waals surface area contributed by atoms with Crippen molar-refractivity contribution in [1.82, 2.24) is 0 Å². The molecule has 0 amide bonds. The molecule has 2 nitrogen and oxygen atoms in total. The summed E-state index contributed by atoms with van der Waals surface area (Å²) in [4.78, 5) is 0. The Morgan fingerprint density at radius 3 is 1.65 bits per heavy atom. The molecular weight excluding hydrogens is 282 g/mol. The largest absolute Gasteiger partial charge is 0.410 e. The van der Waals surface area contributed by atoms with Gasteiger partial charge in [0, 0.05) is 11.1 Å². The molecule has 3 rings (SSSR count). The van der Waals surface area contributed by atoms with E-state index in [9.17, 15) is 5.21 Å². The molecule has 0 aliphatic heterocycles. The van der Waals surface area contributed by atoms with E-state index < -0.39 is 0 Å². The summed E-state index contributed by atoms with van der Waals surface area (Å²) in [5.74, 6) is 0. The van der Waals surface area contributed by atoms with Crippen LogP contribution in [0.5, 0.6) is 0 Å². The predicted octanol–water partition coefficient (Wildman–Crippen LogP) is 5.11. The first-order valence-electron chi connectivity index (χ1n) is 7.48. The zero-order chi connectivity index (χ0) is 15.9. The third-order valence-corrected chi connectivity index (χ3v) is 3.60. The maximum absolute atomic E-state index is 9.64. The third kappa shape index (κ3) is 3.55. The zero-order valence-electron chi connectivity index (χ0n) is 12.6. The Balaban J connectivity index is 2.14. The van der Waals surface area contributed by atoms with E-state index in [0.29, 0.717) is 5.71 Å². The Hall–Kier alpha value is -3.13. The maximum atomic E-state index is 9.64. The van der Waals surface area contributed by atoms with Crippen LogP contribution in [0.3, 0.4) is 0 Å². The first kappa shape index (κ1) is 14.8. The van der Waals surface area contributed by atoms with E-state index in [1.807, 2.05) is 97.1 Å². The molecule has 0 bridgehead atoms. The molecule has 112 valence electrons. The quantitative estimate of drug-likeness (QED) is 0.309. The van der Waals surface area contributed by atoms with E-state index in [-0.39, 0.29) is 0 Å². The number of hydrogen-bond donors (Lipinski definition) is 1. The Morgan fingerprint density at radius 1 is 0.652 bits per heavy atom. The molecule has 23 heavy (non-hydrogen) atoms. The van der Waals surface area contributed by atoms with Crippen molar-refractivity contribution in [1.29, 1.82) is 0 Å². The van der Waals surface area contributed by atoms with E-state index in [1.54, 1.807) is 0 Å². The van der Waals surface area contributed by atoms with Crippen LogP contribution in [0.25, 0.3) is 11.6 Å². The SMILES string of the molecule is O/N=C(\C(=C\c1ccccc1)c1ccccc1)c1ccccc1. The van der Waals surface area contributed by atoms with Gasteiger partial charge in [0.25, 0.3) is 0 Å². The summed E-state index contributed by atoms with van der Waals surface area (Å²) in [7, 11) is 0. The summed E-state index contributed by atoms with van der Waals surface area (Å²) in [5, 5.41) is 13.2. The molecule has 2 heteroatoms. The van der Waals surface area contributed by atoms with Crippen LogP contribution in [-0.4, -0.2) is 10.9 Å². The second kappa shape index (κ2) is 7.23. The highest BCUT2D eigenvalue weighted by atomic mass is 16.4. The van der Waals surface area contributed by atoms with Gasteiger partial charge in [-0.05, 0) is 17.2 Å². The van der Waals surface area contributed by atoms with E-state index in [4.69, 9.17) is 0 Å². The van der Waals surface area contributed by atoms with Crippen LogP contribution >= 0.6 is 0 Å². The Bertz CT molecular complexity index is 806. The lowest BCUT2D eigenvalue weighted by Gasteiger charge is -2.11. The van der Waals surface area contributed by atoms with Gasteiger partial charge < -0.3 is 5.21 Å². The second-order valence-electron chi connectivity index (χ2n) is 5.15. The molecule has 0 aliphatic carbocycles. The molecule has 3 aromatic rings. The zero-order valence-corrected chi connectivity index (χ0v) is 12.6. The first-order valence-corrected chi connectivity index (χ1v) is 7.48. The van der Waals surface area contributed by atoms with Gasteiger partial charge in [0.2, 0.25) is 0 Å². The fraction of sp³-hybridized carbons (Fsp3) is 0. The normalized spacial score (nSPS) is 12.2. The number of rotatable bonds is 4. The van der Waals surface area contributed by atoms with Crippen molar-refractivity contribution >= 4 is 17.4 Å². The number of nitrogens with zero attached hydrogens (tertiary/aromatic N) is 1. The minimum absolute atomic E-state index is 0.556. The van der Waals surface area contributed by atoms with Crippen LogP contribution < -0.4 is 0 Å². The lowest BCUT2D eigenvalue weighted by Crippen LogP contribution is -2.04. The topological polar surface area (TPSA) is 32.6 Å². The molecule has 0 unspecified atom stereocenters. The van der Waals surface area contributed by atoms with Crippen LogP contribution in [-0.2, 0) is 0 Å². The van der Waals surface area contributed by atoms with Gasteiger partial charge in [0.05, 0.1) is 0 Å². The molecule has 0 saturated carbocycles. The lowest BCUT2D eigenvalue weighted by atomic mass is 9.94. The molecule has 0 heterocycles. The highest BCUT2D eigenvalue weighted by Crippen LogP contribution is 2.23. The van der Waals surface area contributed by atoms with Crippen molar-refractivity contribution in [3.05, 3.63) is 108 Å². The van der Waals surface area contributed by atoms with Crippen LogP contribution in [0.15, 0.2) is 96.2 Å². The highest BCUT2D eigenvalue weighted by molar-refractivity contribution is 6.34. The fourth-order valence-corrected chi connectivity index (χ4v) is 2.49. The van der Waals surface area contributed by atoms with Gasteiger partial charge in [-0.3, -0.25) is 0 Å². The maximum Gasteiger partial charge on any atom is 0.117 e. The number of benzene rings is 3. The van der Waals surface area contributed by atoms with Gasteiger partial charge in [-0.25, -0.2) is 0 Å². The van der Waals surface area contributed by atoms with Gasteiger partial charge in [0.1, 0.15) is 5.71 Å². The van der Waals surface area contributed by atoms with Gasteiger partial charge in [-0.2, -0.15) is 0 Å². The standard InChI is InChI=1S/C21H17NO/c23-22-21(19-14-8-3-9-15-19)20(18-12-6-2-7-13-18)16-17-10-4-1-5-11-17/h1-16,23H/b20-16+,22-21-. The summed E-state index contributed by atoms with van der Waals surface area (Å²) in [6.45, 7) is 0. The third-order valence-electron chi connectivity index (χ3n) is 3.60. The van der Waals surface area contributed by atoms with Crippen LogP contribution in [0.2, 0.25) is 0 Å². The minimum atomic E-state index is 0.556. The number of oxime groups is 1. The van der Waals surface area contributed by atoms with Gasteiger partial charge in [0.15, 0.2) is 0 Å². The highest BCUT2D eigenvalue weighted by Gasteiger charge is 2.13. The monoisotopic (exact) mass is 299 g/mol. The average molecular weight is 299 g/mol. The van der Waals surface area contributed by atoms with Gasteiger partial charge in [-0.15, -0.1) is 0 Å². The van der Waals surface area contributed by atoms with Crippen LogP contribution in [0.1, 0.15) is 16.7 Å². The number of allylic oxidation sites excluding steroid dienone is 1. The van der Waals surface area contributed by atoms with E-state index >= 15 is 0 Å². The average Bonchev–Trinajstić information content (AvgIpc) is 2.64. The molecule has 0 saturated heterocycles. The summed E-state index contributed by atoms with van der Waals surface area (Å²) in [5.41, 5.74) is 4.38. The Labute approximate surface area is 136 Å². The van der Waals surface area contributed by atoms with Crippen LogP contribution in [0, 0.1) is 0 Å². The summed E-state index contributed by atoms with van der Waals surface area (Å²) >= 11 is 0. The van der Waals surface area contributed by atoms with Crippen molar-refractivity contribution < 1.29 is 5.21 Å². The Kier molecular flexibility index (Phi) is 4.65. The van der Waals surface area contributed by atoms with Gasteiger partial charge in [-0.1, -0.05) is 96.2 Å². The molecule has 3 aromatic carbocycles. The summed E-state index contributed by atoms with van der Waals surface area (Å²) < 4.78 is 0. The summed E-state index contributed by atoms with van der Waals surface area (Å²) in [6, 6.07) is 29.7. The molecule has 0 spiro atoms. The van der Waals surface area contributed by atoms with Crippen molar-refractivity contribution in [3.63, 3.8) is 0 Å².